The Labute approximate surface area is 112 Å². The van der Waals surface area contributed by atoms with Gasteiger partial charge < -0.3 is 28.8 Å². The number of aliphatic hydroxyl groups excluding tert-OH is 1. The highest BCUT2D eigenvalue weighted by Crippen LogP contribution is 2.38. The first kappa shape index (κ1) is 13.7. The number of hydrogen-bond donors (Lipinski definition) is 1. The van der Waals surface area contributed by atoms with Crippen molar-refractivity contribution < 1.29 is 28.8 Å². The molecule has 3 aliphatic heterocycles. The van der Waals surface area contributed by atoms with Gasteiger partial charge in [0, 0.05) is 5.92 Å². The summed E-state index contributed by atoms with van der Waals surface area (Å²) < 4.78 is 28.3. The Morgan fingerprint density at radius 2 is 1.84 bits per heavy atom. The van der Waals surface area contributed by atoms with E-state index < -0.39 is 30.4 Å². The van der Waals surface area contributed by atoms with Gasteiger partial charge in [-0.15, -0.1) is 0 Å². The Bertz CT molecular complexity index is 344. The number of aliphatic hydroxyl groups is 1. The fraction of sp³-hybridized carbons (Fsp3) is 1.00. The van der Waals surface area contributed by atoms with E-state index in [9.17, 15) is 5.11 Å². The van der Waals surface area contributed by atoms with Gasteiger partial charge in [-0.25, -0.2) is 0 Å². The molecule has 3 rings (SSSR count). The van der Waals surface area contributed by atoms with E-state index in [1.54, 1.807) is 0 Å². The summed E-state index contributed by atoms with van der Waals surface area (Å²) in [6, 6.07) is 0. The van der Waals surface area contributed by atoms with E-state index in [0.717, 1.165) is 0 Å². The van der Waals surface area contributed by atoms with Crippen LogP contribution in [0.1, 0.15) is 27.7 Å². The second-order valence-electron chi connectivity index (χ2n) is 6.18. The topological polar surface area (TPSA) is 66.4 Å². The molecule has 0 aromatic carbocycles. The third-order valence-corrected chi connectivity index (χ3v) is 3.73. The SMILES string of the molecule is CC(C)C1OC2C(O)[C@@H](C3COC(C)(C)O3)O[C@@H]2O1. The summed E-state index contributed by atoms with van der Waals surface area (Å²) in [7, 11) is 0. The van der Waals surface area contributed by atoms with Gasteiger partial charge in [-0.1, -0.05) is 13.8 Å². The lowest BCUT2D eigenvalue weighted by Gasteiger charge is -2.25. The van der Waals surface area contributed by atoms with Crippen molar-refractivity contribution in [3.63, 3.8) is 0 Å². The highest BCUT2D eigenvalue weighted by molar-refractivity contribution is 4.96. The summed E-state index contributed by atoms with van der Waals surface area (Å²) in [6.07, 6.45) is -2.78. The molecule has 6 heteroatoms. The van der Waals surface area contributed by atoms with Gasteiger partial charge in [0.05, 0.1) is 6.61 Å². The van der Waals surface area contributed by atoms with E-state index in [4.69, 9.17) is 23.7 Å². The Kier molecular flexibility index (Phi) is 3.36. The van der Waals surface area contributed by atoms with Crippen LogP contribution in [-0.4, -0.2) is 54.5 Å². The molecule has 3 heterocycles. The van der Waals surface area contributed by atoms with Crippen molar-refractivity contribution in [3.05, 3.63) is 0 Å². The van der Waals surface area contributed by atoms with Crippen molar-refractivity contribution in [2.45, 2.75) is 70.5 Å². The van der Waals surface area contributed by atoms with Crippen molar-refractivity contribution >= 4 is 0 Å². The zero-order chi connectivity index (χ0) is 13.8. The van der Waals surface area contributed by atoms with Crippen molar-refractivity contribution in [2.24, 2.45) is 5.92 Å². The van der Waals surface area contributed by atoms with Gasteiger partial charge >= 0.3 is 0 Å². The summed E-state index contributed by atoms with van der Waals surface area (Å²) in [6.45, 7) is 8.10. The van der Waals surface area contributed by atoms with Crippen molar-refractivity contribution in [2.75, 3.05) is 6.61 Å². The van der Waals surface area contributed by atoms with Crippen LogP contribution in [0.5, 0.6) is 0 Å². The Morgan fingerprint density at radius 3 is 2.37 bits per heavy atom. The van der Waals surface area contributed by atoms with Crippen LogP contribution in [0.4, 0.5) is 0 Å². The van der Waals surface area contributed by atoms with Gasteiger partial charge in [0.15, 0.2) is 18.4 Å². The molecule has 3 aliphatic rings. The van der Waals surface area contributed by atoms with Gasteiger partial charge in [-0.3, -0.25) is 0 Å². The molecule has 6 atom stereocenters. The fourth-order valence-corrected chi connectivity index (χ4v) is 2.73. The number of ether oxygens (including phenoxy) is 5. The number of hydrogen-bond acceptors (Lipinski definition) is 6. The third-order valence-electron chi connectivity index (χ3n) is 3.73. The summed E-state index contributed by atoms with van der Waals surface area (Å²) >= 11 is 0. The van der Waals surface area contributed by atoms with Crippen molar-refractivity contribution in [1.82, 2.24) is 0 Å². The molecule has 19 heavy (non-hydrogen) atoms. The summed E-state index contributed by atoms with van der Waals surface area (Å²) in [5.41, 5.74) is 0. The van der Waals surface area contributed by atoms with E-state index in [2.05, 4.69) is 0 Å². The predicted octanol–water partition coefficient (Wildman–Crippen LogP) is 0.621. The quantitative estimate of drug-likeness (QED) is 0.796. The minimum Gasteiger partial charge on any atom is -0.387 e. The van der Waals surface area contributed by atoms with Crippen molar-refractivity contribution in [1.29, 1.82) is 0 Å². The Morgan fingerprint density at radius 1 is 1.11 bits per heavy atom. The van der Waals surface area contributed by atoms with Crippen LogP contribution >= 0.6 is 0 Å². The molecule has 3 fully saturated rings. The Hall–Kier alpha value is -0.240. The van der Waals surface area contributed by atoms with Gasteiger partial charge in [0.2, 0.25) is 0 Å². The zero-order valence-electron chi connectivity index (χ0n) is 11.7. The first-order chi connectivity index (χ1) is 8.87. The average Bonchev–Trinajstić information content (AvgIpc) is 2.94. The molecule has 110 valence electrons. The van der Waals surface area contributed by atoms with Crippen LogP contribution in [0.15, 0.2) is 0 Å². The molecule has 4 unspecified atom stereocenters. The van der Waals surface area contributed by atoms with Gasteiger partial charge in [0.1, 0.15) is 24.4 Å². The van der Waals surface area contributed by atoms with Gasteiger partial charge in [-0.05, 0) is 13.8 Å². The number of fused-ring (bicyclic) bond motifs is 1. The molecule has 1 N–H and O–H groups in total. The molecule has 0 aromatic heterocycles. The molecular weight excluding hydrogens is 252 g/mol. The molecule has 0 saturated carbocycles. The van der Waals surface area contributed by atoms with E-state index in [1.807, 2.05) is 27.7 Å². The molecule has 0 radical (unpaired) electrons. The normalized spacial score (nSPS) is 48.9. The highest BCUT2D eigenvalue weighted by atomic mass is 16.8. The van der Waals surface area contributed by atoms with Gasteiger partial charge in [0.25, 0.3) is 0 Å². The summed E-state index contributed by atoms with van der Waals surface area (Å²) in [4.78, 5) is 0. The molecule has 0 aromatic rings. The standard InChI is InChI=1S/C13H22O6/c1-6(2)11-17-10-8(14)9(16-12(10)18-11)7-5-15-13(3,4)19-7/h6-12,14H,5H2,1-4H3/t7?,8?,9-,10?,11?,12-/m1/s1. The van der Waals surface area contributed by atoms with Crippen LogP contribution in [0.2, 0.25) is 0 Å². The predicted molar refractivity (Wildman–Crippen MR) is 64.2 cm³/mol. The van der Waals surface area contributed by atoms with E-state index in [0.29, 0.717) is 6.61 Å². The summed E-state index contributed by atoms with van der Waals surface area (Å²) in [5.74, 6) is -0.405. The maximum absolute atomic E-state index is 10.3. The highest BCUT2D eigenvalue weighted by Gasteiger charge is 2.56. The monoisotopic (exact) mass is 274 g/mol. The fourth-order valence-electron chi connectivity index (χ4n) is 2.73. The zero-order valence-corrected chi connectivity index (χ0v) is 11.7. The molecule has 0 amide bonds. The lowest BCUT2D eigenvalue weighted by Crippen LogP contribution is -2.41. The molecule has 0 bridgehead atoms. The smallest absolute Gasteiger partial charge is 0.190 e. The minimum absolute atomic E-state index is 0.227. The molecule has 0 spiro atoms. The van der Waals surface area contributed by atoms with Crippen molar-refractivity contribution in [3.8, 4) is 0 Å². The summed E-state index contributed by atoms with van der Waals surface area (Å²) in [5, 5.41) is 10.3. The van der Waals surface area contributed by atoms with Crippen LogP contribution < -0.4 is 0 Å². The molecular formula is C13H22O6. The molecule has 3 saturated heterocycles. The first-order valence-corrected chi connectivity index (χ1v) is 6.83. The van der Waals surface area contributed by atoms with Crippen LogP contribution in [0.3, 0.4) is 0 Å². The third kappa shape index (κ3) is 2.41. The minimum atomic E-state index is -0.753. The average molecular weight is 274 g/mol. The molecule has 6 nitrogen and oxygen atoms in total. The molecule has 0 aliphatic carbocycles. The second kappa shape index (κ2) is 4.65. The van der Waals surface area contributed by atoms with Crippen LogP contribution in [0, 0.1) is 5.92 Å². The van der Waals surface area contributed by atoms with Crippen LogP contribution in [-0.2, 0) is 23.7 Å². The maximum atomic E-state index is 10.3. The first-order valence-electron chi connectivity index (χ1n) is 6.83. The largest absolute Gasteiger partial charge is 0.387 e. The lowest BCUT2D eigenvalue weighted by molar-refractivity contribution is -0.209. The second-order valence-corrected chi connectivity index (χ2v) is 6.18. The lowest BCUT2D eigenvalue weighted by atomic mass is 10.1. The van der Waals surface area contributed by atoms with E-state index in [-0.39, 0.29) is 18.3 Å². The van der Waals surface area contributed by atoms with Crippen LogP contribution in [0.25, 0.3) is 0 Å². The van der Waals surface area contributed by atoms with E-state index >= 15 is 0 Å². The maximum Gasteiger partial charge on any atom is 0.190 e. The number of rotatable bonds is 2. The van der Waals surface area contributed by atoms with E-state index in [1.165, 1.54) is 0 Å². The Balaban J connectivity index is 1.64. The van der Waals surface area contributed by atoms with Gasteiger partial charge in [-0.2, -0.15) is 0 Å².